The molecule has 1 aliphatic rings. The van der Waals surface area contributed by atoms with E-state index in [-0.39, 0.29) is 18.0 Å². The molecule has 23 heavy (non-hydrogen) atoms. The molecule has 120 valence electrons. The van der Waals surface area contributed by atoms with E-state index in [2.05, 4.69) is 23.7 Å². The highest BCUT2D eigenvalue weighted by Crippen LogP contribution is 2.33. The Kier molecular flexibility index (Phi) is 3.67. The first-order chi connectivity index (χ1) is 11.1. The summed E-state index contributed by atoms with van der Waals surface area (Å²) in [7, 11) is 0. The van der Waals surface area contributed by atoms with Gasteiger partial charge in [0, 0.05) is 24.7 Å². The van der Waals surface area contributed by atoms with Gasteiger partial charge in [0.2, 0.25) is 0 Å². The topological polar surface area (TPSA) is 58.5 Å². The summed E-state index contributed by atoms with van der Waals surface area (Å²) in [4.78, 5) is 12.5. The number of thiazole rings is 1. The number of fused-ring (bicyclic) bond motifs is 3. The molecular formula is C17H19N3O2S. The molecule has 5 nitrogen and oxygen atoms in total. The van der Waals surface area contributed by atoms with Crippen molar-refractivity contribution in [2.24, 2.45) is 0 Å². The number of phenols is 1. The number of morpholine rings is 1. The van der Waals surface area contributed by atoms with Crippen LogP contribution in [0, 0.1) is 0 Å². The smallest absolute Gasteiger partial charge is 0.144 e. The zero-order valence-electron chi connectivity index (χ0n) is 13.2. The van der Waals surface area contributed by atoms with Crippen LogP contribution >= 0.6 is 11.3 Å². The molecule has 0 aliphatic carbocycles. The Morgan fingerprint density at radius 2 is 2.09 bits per heavy atom. The van der Waals surface area contributed by atoms with Crippen LogP contribution in [0.25, 0.3) is 21.1 Å². The Labute approximate surface area is 138 Å². The Bertz CT molecular complexity index is 854. The molecule has 0 radical (unpaired) electrons. The van der Waals surface area contributed by atoms with Crippen LogP contribution < -0.4 is 0 Å². The number of hydrogen-bond donors (Lipinski definition) is 1. The van der Waals surface area contributed by atoms with Gasteiger partial charge >= 0.3 is 0 Å². The lowest BCUT2D eigenvalue weighted by Gasteiger charge is -2.34. The maximum absolute atomic E-state index is 10.2. The number of aromatic hydroxyl groups is 1. The van der Waals surface area contributed by atoms with E-state index >= 15 is 0 Å². The van der Waals surface area contributed by atoms with Gasteiger partial charge in [-0.25, -0.2) is 9.97 Å². The first kappa shape index (κ1) is 14.8. The molecule has 1 aliphatic heterocycles. The standard InChI is InChI=1S/C17H19N3O2S/c1-10-7-20(8-11(2)22-10)9-14-19-16-15-12(4-3-5-13(15)21)6-18-17(16)23-14/h3-6,10-11,21H,7-9H2,1-2H3/t10-,11+. The second-order valence-electron chi connectivity index (χ2n) is 6.21. The third-order valence-corrected chi connectivity index (χ3v) is 5.09. The molecule has 0 spiro atoms. The molecular weight excluding hydrogens is 310 g/mol. The second-order valence-corrected chi connectivity index (χ2v) is 7.27. The van der Waals surface area contributed by atoms with Crippen LogP contribution in [0.3, 0.4) is 0 Å². The van der Waals surface area contributed by atoms with Gasteiger partial charge in [0.05, 0.1) is 24.1 Å². The monoisotopic (exact) mass is 329 g/mol. The molecule has 0 saturated carbocycles. The molecule has 1 saturated heterocycles. The third kappa shape index (κ3) is 2.78. The molecule has 0 bridgehead atoms. The molecule has 2 atom stereocenters. The summed E-state index contributed by atoms with van der Waals surface area (Å²) in [6, 6.07) is 5.48. The maximum atomic E-state index is 10.2. The average molecular weight is 329 g/mol. The number of hydrogen-bond acceptors (Lipinski definition) is 6. The molecule has 6 heteroatoms. The highest BCUT2D eigenvalue weighted by molar-refractivity contribution is 7.18. The maximum Gasteiger partial charge on any atom is 0.144 e. The lowest BCUT2D eigenvalue weighted by molar-refractivity contribution is -0.0704. The molecule has 3 heterocycles. The predicted molar refractivity (Wildman–Crippen MR) is 91.9 cm³/mol. The highest BCUT2D eigenvalue weighted by atomic mass is 32.1. The van der Waals surface area contributed by atoms with Gasteiger partial charge in [-0.1, -0.05) is 23.5 Å². The quantitative estimate of drug-likeness (QED) is 0.782. The van der Waals surface area contributed by atoms with E-state index in [1.807, 2.05) is 12.1 Å². The third-order valence-electron chi connectivity index (χ3n) is 4.14. The molecule has 0 amide bonds. The number of benzene rings is 1. The summed E-state index contributed by atoms with van der Waals surface area (Å²) in [6.45, 7) is 6.84. The van der Waals surface area contributed by atoms with Crippen LogP contribution in [0.5, 0.6) is 5.75 Å². The van der Waals surface area contributed by atoms with Crippen molar-refractivity contribution in [3.8, 4) is 5.75 Å². The first-order valence-electron chi connectivity index (χ1n) is 7.84. The largest absolute Gasteiger partial charge is 0.507 e. The number of ether oxygens (including phenoxy) is 1. The van der Waals surface area contributed by atoms with Crippen LogP contribution in [0.4, 0.5) is 0 Å². The van der Waals surface area contributed by atoms with E-state index in [0.717, 1.165) is 45.8 Å². The van der Waals surface area contributed by atoms with Crippen LogP contribution in [0.15, 0.2) is 24.4 Å². The normalized spacial score (nSPS) is 22.9. The average Bonchev–Trinajstić information content (AvgIpc) is 2.88. The van der Waals surface area contributed by atoms with Gasteiger partial charge in [-0.3, -0.25) is 4.90 Å². The van der Waals surface area contributed by atoms with E-state index in [4.69, 9.17) is 9.72 Å². The molecule has 4 rings (SSSR count). The van der Waals surface area contributed by atoms with Gasteiger partial charge in [0.25, 0.3) is 0 Å². The number of phenolic OH excluding ortho intramolecular Hbond substituents is 1. The molecule has 2 aromatic heterocycles. The van der Waals surface area contributed by atoms with Crippen molar-refractivity contribution in [2.45, 2.75) is 32.6 Å². The van der Waals surface area contributed by atoms with Crippen molar-refractivity contribution in [3.63, 3.8) is 0 Å². The van der Waals surface area contributed by atoms with Gasteiger partial charge in [0.1, 0.15) is 21.1 Å². The zero-order chi connectivity index (χ0) is 16.0. The lowest BCUT2D eigenvalue weighted by atomic mass is 10.1. The van der Waals surface area contributed by atoms with Gasteiger partial charge in [-0.15, -0.1) is 0 Å². The molecule has 1 aromatic carbocycles. The summed E-state index contributed by atoms with van der Waals surface area (Å²) in [5, 5.41) is 12.9. The SMILES string of the molecule is C[C@@H]1CN(Cc2nc3c(ncc4cccc(O)c43)s2)C[C@H](C)O1. The fourth-order valence-corrected chi connectivity index (χ4v) is 4.29. The Hall–Kier alpha value is -1.76. The fourth-order valence-electron chi connectivity index (χ4n) is 3.33. The van der Waals surface area contributed by atoms with Crippen LogP contribution in [0.1, 0.15) is 18.9 Å². The fraction of sp³-hybridized carbons (Fsp3) is 0.412. The van der Waals surface area contributed by atoms with E-state index < -0.39 is 0 Å². The molecule has 1 N–H and O–H groups in total. The van der Waals surface area contributed by atoms with E-state index in [0.29, 0.717) is 0 Å². The molecule has 1 fully saturated rings. The zero-order valence-corrected chi connectivity index (χ0v) is 14.0. The minimum atomic E-state index is 0.246. The van der Waals surface area contributed by atoms with Crippen molar-refractivity contribution in [3.05, 3.63) is 29.4 Å². The Balaban J connectivity index is 1.70. The van der Waals surface area contributed by atoms with Crippen LogP contribution in [-0.2, 0) is 11.3 Å². The van der Waals surface area contributed by atoms with Crippen molar-refractivity contribution in [1.29, 1.82) is 0 Å². The number of aromatic nitrogens is 2. The van der Waals surface area contributed by atoms with Crippen LogP contribution in [-0.4, -0.2) is 45.3 Å². The second kappa shape index (κ2) is 5.70. The summed E-state index contributed by atoms with van der Waals surface area (Å²) in [6.07, 6.45) is 2.30. The highest BCUT2D eigenvalue weighted by Gasteiger charge is 2.23. The summed E-state index contributed by atoms with van der Waals surface area (Å²) < 4.78 is 5.78. The first-order valence-corrected chi connectivity index (χ1v) is 8.65. The minimum absolute atomic E-state index is 0.246. The van der Waals surface area contributed by atoms with E-state index in [9.17, 15) is 5.11 Å². The predicted octanol–water partition coefficient (Wildman–Crippen LogP) is 3.16. The molecule has 3 aromatic rings. The van der Waals surface area contributed by atoms with Gasteiger partial charge in [0.15, 0.2) is 0 Å². The Morgan fingerprint density at radius 3 is 2.87 bits per heavy atom. The summed E-state index contributed by atoms with van der Waals surface area (Å²) >= 11 is 1.60. The number of pyridine rings is 1. The number of nitrogens with zero attached hydrogens (tertiary/aromatic N) is 3. The number of rotatable bonds is 2. The van der Waals surface area contributed by atoms with Gasteiger partial charge in [-0.2, -0.15) is 0 Å². The summed E-state index contributed by atoms with van der Waals surface area (Å²) in [5.41, 5.74) is 0.801. The van der Waals surface area contributed by atoms with E-state index in [1.165, 1.54) is 0 Å². The lowest BCUT2D eigenvalue weighted by Crippen LogP contribution is -2.44. The van der Waals surface area contributed by atoms with Gasteiger partial charge < -0.3 is 9.84 Å². The van der Waals surface area contributed by atoms with Crippen molar-refractivity contribution in [1.82, 2.24) is 14.9 Å². The Morgan fingerprint density at radius 1 is 1.30 bits per heavy atom. The van der Waals surface area contributed by atoms with Crippen molar-refractivity contribution >= 4 is 32.5 Å². The van der Waals surface area contributed by atoms with Crippen molar-refractivity contribution in [2.75, 3.05) is 13.1 Å². The molecule has 0 unspecified atom stereocenters. The van der Waals surface area contributed by atoms with Crippen molar-refractivity contribution < 1.29 is 9.84 Å². The van der Waals surface area contributed by atoms with E-state index in [1.54, 1.807) is 23.6 Å². The van der Waals surface area contributed by atoms with Gasteiger partial charge in [-0.05, 0) is 19.9 Å². The minimum Gasteiger partial charge on any atom is -0.507 e. The summed E-state index contributed by atoms with van der Waals surface area (Å²) in [5.74, 6) is 0.264. The van der Waals surface area contributed by atoms with Crippen LogP contribution in [0.2, 0.25) is 0 Å².